The summed E-state index contributed by atoms with van der Waals surface area (Å²) in [5.41, 5.74) is 1.51. The summed E-state index contributed by atoms with van der Waals surface area (Å²) in [5.74, 6) is -1.17. The summed E-state index contributed by atoms with van der Waals surface area (Å²) in [4.78, 5) is 11.5. The fourth-order valence-electron chi connectivity index (χ4n) is 2.54. The maximum atomic E-state index is 12.4. The van der Waals surface area contributed by atoms with Gasteiger partial charge in [0.2, 0.25) is 10.0 Å². The van der Waals surface area contributed by atoms with Crippen LogP contribution in [0.1, 0.15) is 38.3 Å². The van der Waals surface area contributed by atoms with Crippen LogP contribution in [0.4, 0.5) is 0 Å². The summed E-state index contributed by atoms with van der Waals surface area (Å²) in [6.07, 6.45) is 2.88. The first-order valence-electron chi connectivity index (χ1n) is 6.98. The number of hydrogen-bond donors (Lipinski definition) is 2. The zero-order valence-corrected chi connectivity index (χ0v) is 13.3. The van der Waals surface area contributed by atoms with E-state index in [9.17, 15) is 18.3 Å². The normalized spacial score (nSPS) is 16.5. The number of aryl methyl sites for hydroxylation is 2. The van der Waals surface area contributed by atoms with Crippen molar-refractivity contribution in [3.63, 3.8) is 0 Å². The van der Waals surface area contributed by atoms with Crippen LogP contribution in [0, 0.1) is 5.41 Å². The summed E-state index contributed by atoms with van der Waals surface area (Å²) in [6.45, 7) is 5.07. The van der Waals surface area contributed by atoms with Gasteiger partial charge < -0.3 is 5.11 Å². The monoisotopic (exact) mass is 311 g/mol. The molecule has 5 nitrogen and oxygen atoms in total. The molecule has 0 heterocycles. The van der Waals surface area contributed by atoms with Crippen LogP contribution in [-0.4, -0.2) is 25.5 Å². The van der Waals surface area contributed by atoms with Crippen molar-refractivity contribution < 1.29 is 18.3 Å². The Morgan fingerprint density at radius 3 is 2.43 bits per heavy atom. The van der Waals surface area contributed by atoms with Gasteiger partial charge in [-0.1, -0.05) is 26.8 Å². The van der Waals surface area contributed by atoms with Crippen molar-refractivity contribution in [1.82, 2.24) is 4.72 Å². The third kappa shape index (κ3) is 3.44. The molecule has 0 unspecified atom stereocenters. The van der Waals surface area contributed by atoms with Gasteiger partial charge in [-0.3, -0.25) is 4.79 Å². The second kappa shape index (κ2) is 5.42. The molecule has 21 heavy (non-hydrogen) atoms. The van der Waals surface area contributed by atoms with Crippen molar-refractivity contribution in [2.45, 2.75) is 51.0 Å². The van der Waals surface area contributed by atoms with Crippen molar-refractivity contribution >= 4 is 16.0 Å². The first kappa shape index (κ1) is 16.0. The maximum absolute atomic E-state index is 12.4. The molecule has 0 aromatic heterocycles. The van der Waals surface area contributed by atoms with Crippen LogP contribution in [0.5, 0.6) is 0 Å². The molecule has 1 aromatic carbocycles. The summed E-state index contributed by atoms with van der Waals surface area (Å²) < 4.78 is 27.2. The molecule has 0 radical (unpaired) electrons. The Morgan fingerprint density at radius 2 is 1.86 bits per heavy atom. The number of carboxylic acid groups (broad SMARTS) is 1. The van der Waals surface area contributed by atoms with Gasteiger partial charge in [0.15, 0.2) is 0 Å². The van der Waals surface area contributed by atoms with Gasteiger partial charge in [0.25, 0.3) is 0 Å². The number of rotatable bonds is 4. The van der Waals surface area contributed by atoms with Crippen LogP contribution in [0.3, 0.4) is 0 Å². The summed E-state index contributed by atoms with van der Waals surface area (Å²) in [7, 11) is -3.84. The van der Waals surface area contributed by atoms with Crippen molar-refractivity contribution in [1.29, 1.82) is 0 Å². The molecule has 0 amide bonds. The fraction of sp³-hybridized carbons (Fsp3) is 0.533. The standard InChI is InChI=1S/C15H21NO4S/c1-15(2,3)13(14(17)18)16-21(19,20)12-8-7-10-5-4-6-11(10)9-12/h7-9,13,16H,4-6H2,1-3H3,(H,17,18)/t13-/m1/s1. The molecule has 0 saturated heterocycles. The molecule has 2 N–H and O–H groups in total. The Hall–Kier alpha value is -1.40. The average molecular weight is 311 g/mol. The number of benzene rings is 1. The van der Waals surface area contributed by atoms with E-state index in [0.717, 1.165) is 24.8 Å². The average Bonchev–Trinajstić information content (AvgIpc) is 2.81. The zero-order chi connectivity index (χ0) is 15.8. The van der Waals surface area contributed by atoms with Crippen molar-refractivity contribution in [3.05, 3.63) is 29.3 Å². The molecule has 1 aliphatic rings. The van der Waals surface area contributed by atoms with Crippen molar-refractivity contribution in [3.8, 4) is 0 Å². The number of aliphatic carboxylic acids is 1. The van der Waals surface area contributed by atoms with Crippen LogP contribution >= 0.6 is 0 Å². The lowest BCUT2D eigenvalue weighted by molar-refractivity contribution is -0.141. The van der Waals surface area contributed by atoms with Crippen molar-refractivity contribution in [2.75, 3.05) is 0 Å². The highest BCUT2D eigenvalue weighted by Gasteiger charge is 2.35. The Kier molecular flexibility index (Phi) is 4.13. The molecule has 1 atom stereocenters. The first-order valence-corrected chi connectivity index (χ1v) is 8.46. The van der Waals surface area contributed by atoms with Gasteiger partial charge in [0.05, 0.1) is 4.90 Å². The third-order valence-electron chi connectivity index (χ3n) is 3.77. The van der Waals surface area contributed by atoms with Crippen LogP contribution in [-0.2, 0) is 27.7 Å². The number of carboxylic acids is 1. The molecule has 0 spiro atoms. The van der Waals surface area contributed by atoms with E-state index in [1.54, 1.807) is 32.9 Å². The second-order valence-corrected chi connectivity index (χ2v) is 8.26. The second-order valence-electron chi connectivity index (χ2n) is 6.54. The molecule has 0 aliphatic heterocycles. The quantitative estimate of drug-likeness (QED) is 0.890. The lowest BCUT2D eigenvalue weighted by Gasteiger charge is -2.27. The van der Waals surface area contributed by atoms with Gasteiger partial charge in [0.1, 0.15) is 6.04 Å². The number of sulfonamides is 1. The Balaban J connectivity index is 2.32. The number of hydrogen-bond acceptors (Lipinski definition) is 3. The molecular weight excluding hydrogens is 290 g/mol. The van der Waals surface area contributed by atoms with Crippen LogP contribution in [0.25, 0.3) is 0 Å². The fourth-order valence-corrected chi connectivity index (χ4v) is 3.98. The van der Waals surface area contributed by atoms with Crippen LogP contribution in [0.15, 0.2) is 23.1 Å². The van der Waals surface area contributed by atoms with Gasteiger partial charge in [-0.05, 0) is 47.9 Å². The Bertz CT molecular complexity index is 659. The highest BCUT2D eigenvalue weighted by atomic mass is 32.2. The Morgan fingerprint density at radius 1 is 1.24 bits per heavy atom. The van der Waals surface area contributed by atoms with E-state index in [-0.39, 0.29) is 4.90 Å². The van der Waals surface area contributed by atoms with E-state index in [1.165, 1.54) is 5.56 Å². The van der Waals surface area contributed by atoms with E-state index in [4.69, 9.17) is 0 Å². The van der Waals surface area contributed by atoms with Gasteiger partial charge in [-0.25, -0.2) is 8.42 Å². The minimum absolute atomic E-state index is 0.138. The van der Waals surface area contributed by atoms with Gasteiger partial charge in [-0.15, -0.1) is 0 Å². The van der Waals surface area contributed by atoms with Gasteiger partial charge >= 0.3 is 5.97 Å². The molecule has 0 bridgehead atoms. The smallest absolute Gasteiger partial charge is 0.322 e. The van der Waals surface area contributed by atoms with Gasteiger partial charge in [0, 0.05) is 0 Å². The van der Waals surface area contributed by atoms with E-state index >= 15 is 0 Å². The number of carbonyl (C=O) groups is 1. The predicted octanol–water partition coefficient (Wildman–Crippen LogP) is 1.95. The Labute approximate surface area is 125 Å². The van der Waals surface area contributed by atoms with Gasteiger partial charge in [-0.2, -0.15) is 4.72 Å². The van der Waals surface area contributed by atoms with E-state index in [1.807, 2.05) is 6.07 Å². The predicted molar refractivity (Wildman–Crippen MR) is 79.7 cm³/mol. The number of fused-ring (bicyclic) bond motifs is 1. The molecule has 1 aromatic rings. The summed E-state index contributed by atoms with van der Waals surface area (Å²) in [6, 6.07) is 3.86. The molecule has 0 fully saturated rings. The molecular formula is C15H21NO4S. The van der Waals surface area contributed by atoms with E-state index in [2.05, 4.69) is 4.72 Å². The highest BCUT2D eigenvalue weighted by Crippen LogP contribution is 2.26. The van der Waals surface area contributed by atoms with Crippen LogP contribution < -0.4 is 4.72 Å². The molecule has 116 valence electrons. The number of nitrogens with one attached hydrogen (secondary N) is 1. The topological polar surface area (TPSA) is 83.5 Å². The maximum Gasteiger partial charge on any atom is 0.322 e. The molecule has 2 rings (SSSR count). The SMILES string of the molecule is CC(C)(C)[C@H](NS(=O)(=O)c1ccc2c(c1)CCC2)C(=O)O. The molecule has 0 saturated carbocycles. The lowest BCUT2D eigenvalue weighted by atomic mass is 9.88. The largest absolute Gasteiger partial charge is 0.480 e. The van der Waals surface area contributed by atoms with E-state index in [0.29, 0.717) is 0 Å². The van der Waals surface area contributed by atoms with E-state index < -0.39 is 27.4 Å². The first-order chi connectivity index (χ1) is 9.61. The summed E-state index contributed by atoms with van der Waals surface area (Å²) in [5, 5.41) is 9.25. The lowest BCUT2D eigenvalue weighted by Crippen LogP contribution is -2.48. The highest BCUT2D eigenvalue weighted by molar-refractivity contribution is 7.89. The van der Waals surface area contributed by atoms with Crippen LogP contribution in [0.2, 0.25) is 0 Å². The molecule has 1 aliphatic carbocycles. The summed E-state index contributed by atoms with van der Waals surface area (Å²) >= 11 is 0. The third-order valence-corrected chi connectivity index (χ3v) is 5.19. The molecule has 6 heteroatoms. The minimum Gasteiger partial charge on any atom is -0.480 e. The zero-order valence-electron chi connectivity index (χ0n) is 12.5. The van der Waals surface area contributed by atoms with Crippen molar-refractivity contribution in [2.24, 2.45) is 5.41 Å². The minimum atomic E-state index is -3.84.